The largest absolute Gasteiger partial charge is 0.490 e. The number of esters is 1. The lowest BCUT2D eigenvalue weighted by atomic mass is 10.2. The predicted octanol–water partition coefficient (Wildman–Crippen LogP) is 1.06. The van der Waals surface area contributed by atoms with Crippen LogP contribution in [0, 0.1) is 0 Å². The summed E-state index contributed by atoms with van der Waals surface area (Å²) in [6.45, 7) is 0.503. The smallest absolute Gasteiger partial charge is 0.325 e. The van der Waals surface area contributed by atoms with Crippen LogP contribution in [0.1, 0.15) is 23.2 Å². The van der Waals surface area contributed by atoms with E-state index in [9.17, 15) is 22.8 Å². The van der Waals surface area contributed by atoms with E-state index in [1.807, 2.05) is 0 Å². The molecule has 0 radical (unpaired) electrons. The Bertz CT molecular complexity index is 1170. The van der Waals surface area contributed by atoms with Gasteiger partial charge >= 0.3 is 5.97 Å². The second-order valence-electron chi connectivity index (χ2n) is 7.19. The van der Waals surface area contributed by atoms with E-state index >= 15 is 0 Å². The van der Waals surface area contributed by atoms with E-state index in [2.05, 4.69) is 20.1 Å². The normalized spacial score (nSPS) is 12.9. The van der Waals surface area contributed by atoms with E-state index in [1.54, 1.807) is 12.1 Å². The van der Waals surface area contributed by atoms with Crippen LogP contribution in [0.5, 0.6) is 11.5 Å². The van der Waals surface area contributed by atoms with Gasteiger partial charge in [-0.05, 0) is 30.3 Å². The lowest BCUT2D eigenvalue weighted by Gasteiger charge is -2.11. The molecule has 2 aromatic carbocycles. The molecule has 0 saturated heterocycles. The fourth-order valence-corrected chi connectivity index (χ4v) is 4.03. The zero-order valence-corrected chi connectivity index (χ0v) is 19.3. The molecule has 11 nitrogen and oxygen atoms in total. The molecule has 0 atom stereocenters. The number of carbonyl (C=O) groups is 3. The van der Waals surface area contributed by atoms with Crippen molar-refractivity contribution < 1.29 is 37.0 Å². The van der Waals surface area contributed by atoms with Gasteiger partial charge in [0, 0.05) is 36.7 Å². The Balaban J connectivity index is 1.52. The third kappa shape index (κ3) is 6.93. The Labute approximate surface area is 196 Å². The molecule has 2 aromatic rings. The van der Waals surface area contributed by atoms with Crippen LogP contribution >= 0.6 is 0 Å². The molecule has 1 heterocycles. The molecule has 3 N–H and O–H groups in total. The van der Waals surface area contributed by atoms with Crippen molar-refractivity contribution in [1.82, 2.24) is 10.0 Å². The zero-order valence-electron chi connectivity index (χ0n) is 18.5. The quantitative estimate of drug-likeness (QED) is 0.441. The molecular formula is C22H25N3O8S. The van der Waals surface area contributed by atoms with Gasteiger partial charge in [0.05, 0.1) is 25.2 Å². The number of carbonyl (C=O) groups excluding carboxylic acids is 3. The van der Waals surface area contributed by atoms with Crippen molar-refractivity contribution in [1.29, 1.82) is 0 Å². The van der Waals surface area contributed by atoms with Crippen LogP contribution in [-0.4, -0.2) is 59.6 Å². The standard InChI is InChI=1S/C22H25N3O8S/c1-31-21(27)14-23-22(28)15-4-2-5-16(12-15)25-20(26)8-9-24-34(29,30)17-6-7-18-19(13-17)33-11-3-10-32-18/h2,4-7,12-13,24H,3,8-11,14H2,1H3,(H,23,28)(H,25,26). The summed E-state index contributed by atoms with van der Waals surface area (Å²) in [5.41, 5.74) is 0.582. The van der Waals surface area contributed by atoms with Gasteiger partial charge in [-0.3, -0.25) is 14.4 Å². The van der Waals surface area contributed by atoms with E-state index in [1.165, 1.54) is 37.4 Å². The molecule has 182 valence electrons. The number of hydrogen-bond acceptors (Lipinski definition) is 8. The molecule has 0 unspecified atom stereocenters. The van der Waals surface area contributed by atoms with Crippen LogP contribution in [-0.2, 0) is 24.3 Å². The zero-order chi connectivity index (χ0) is 24.6. The van der Waals surface area contributed by atoms with E-state index in [4.69, 9.17) is 9.47 Å². The Morgan fingerprint density at radius 2 is 1.79 bits per heavy atom. The Morgan fingerprint density at radius 3 is 2.56 bits per heavy atom. The highest BCUT2D eigenvalue weighted by Crippen LogP contribution is 2.31. The summed E-state index contributed by atoms with van der Waals surface area (Å²) in [7, 11) is -2.65. The maximum atomic E-state index is 12.6. The van der Waals surface area contributed by atoms with Gasteiger partial charge in [-0.25, -0.2) is 13.1 Å². The van der Waals surface area contributed by atoms with Gasteiger partial charge in [-0.15, -0.1) is 0 Å². The van der Waals surface area contributed by atoms with Gasteiger partial charge in [0.15, 0.2) is 11.5 Å². The summed E-state index contributed by atoms with van der Waals surface area (Å²) in [6.07, 6.45) is 0.563. The summed E-state index contributed by atoms with van der Waals surface area (Å²) >= 11 is 0. The summed E-state index contributed by atoms with van der Waals surface area (Å²) in [6, 6.07) is 10.4. The number of ether oxygens (including phenoxy) is 3. The molecule has 34 heavy (non-hydrogen) atoms. The van der Waals surface area contributed by atoms with Crippen LogP contribution in [0.2, 0.25) is 0 Å². The first-order chi connectivity index (χ1) is 16.3. The minimum absolute atomic E-state index is 0.00262. The molecule has 2 amide bonds. The van der Waals surface area contributed by atoms with Crippen molar-refractivity contribution in [3.63, 3.8) is 0 Å². The predicted molar refractivity (Wildman–Crippen MR) is 121 cm³/mol. The molecule has 0 aromatic heterocycles. The SMILES string of the molecule is COC(=O)CNC(=O)c1cccc(NC(=O)CCNS(=O)(=O)c2ccc3c(c2)OCCCO3)c1. The molecule has 3 rings (SSSR count). The highest BCUT2D eigenvalue weighted by atomic mass is 32.2. The first-order valence-corrected chi connectivity index (χ1v) is 11.9. The minimum atomic E-state index is -3.86. The summed E-state index contributed by atoms with van der Waals surface area (Å²) < 4.78 is 43.0. The van der Waals surface area contributed by atoms with E-state index in [0.29, 0.717) is 36.8 Å². The number of nitrogens with one attached hydrogen (secondary N) is 3. The van der Waals surface area contributed by atoms with E-state index in [0.717, 1.165) is 0 Å². The molecule has 0 bridgehead atoms. The average molecular weight is 492 g/mol. The van der Waals surface area contributed by atoms with Crippen molar-refractivity contribution in [2.24, 2.45) is 0 Å². The molecule has 0 spiro atoms. The second kappa shape index (κ2) is 11.5. The molecule has 12 heteroatoms. The second-order valence-corrected chi connectivity index (χ2v) is 8.96. The first-order valence-electron chi connectivity index (χ1n) is 10.4. The van der Waals surface area contributed by atoms with Crippen LogP contribution in [0.15, 0.2) is 47.4 Å². The van der Waals surface area contributed by atoms with Gasteiger partial charge < -0.3 is 24.8 Å². The lowest BCUT2D eigenvalue weighted by molar-refractivity contribution is -0.139. The van der Waals surface area contributed by atoms with Gasteiger partial charge in [0.1, 0.15) is 6.54 Å². The van der Waals surface area contributed by atoms with E-state index < -0.39 is 27.8 Å². The number of methoxy groups -OCH3 is 1. The van der Waals surface area contributed by atoms with Crippen molar-refractivity contribution >= 4 is 33.5 Å². The van der Waals surface area contributed by atoms with E-state index in [-0.39, 0.29) is 30.0 Å². The minimum Gasteiger partial charge on any atom is -0.490 e. The molecular weight excluding hydrogens is 466 g/mol. The molecule has 1 aliphatic rings. The number of amides is 2. The Kier molecular flexibility index (Phi) is 8.44. The Hall–Kier alpha value is -3.64. The number of sulfonamides is 1. The summed E-state index contributed by atoms with van der Waals surface area (Å²) in [5, 5.41) is 5.00. The third-order valence-corrected chi connectivity index (χ3v) is 6.16. The summed E-state index contributed by atoms with van der Waals surface area (Å²) in [4.78, 5) is 35.5. The lowest BCUT2D eigenvalue weighted by Crippen LogP contribution is -2.30. The average Bonchev–Trinajstić information content (AvgIpc) is 3.07. The number of fused-ring (bicyclic) bond motifs is 1. The first kappa shape index (κ1) is 25.0. The third-order valence-electron chi connectivity index (χ3n) is 4.70. The van der Waals surface area contributed by atoms with Crippen molar-refractivity contribution in [2.75, 3.05) is 38.7 Å². The fraction of sp³-hybridized carbons (Fsp3) is 0.318. The van der Waals surface area contributed by atoms with Gasteiger partial charge in [0.25, 0.3) is 5.91 Å². The maximum absolute atomic E-state index is 12.6. The number of anilines is 1. The summed E-state index contributed by atoms with van der Waals surface area (Å²) in [5.74, 6) is -0.712. The van der Waals surface area contributed by atoms with Crippen molar-refractivity contribution in [3.05, 3.63) is 48.0 Å². The topological polar surface area (TPSA) is 149 Å². The highest BCUT2D eigenvalue weighted by molar-refractivity contribution is 7.89. The highest BCUT2D eigenvalue weighted by Gasteiger charge is 2.19. The van der Waals surface area contributed by atoms with Gasteiger partial charge in [-0.2, -0.15) is 0 Å². The van der Waals surface area contributed by atoms with Crippen LogP contribution in [0.25, 0.3) is 0 Å². The van der Waals surface area contributed by atoms with Crippen molar-refractivity contribution in [3.8, 4) is 11.5 Å². The van der Waals surface area contributed by atoms with Crippen molar-refractivity contribution in [2.45, 2.75) is 17.7 Å². The fourth-order valence-electron chi connectivity index (χ4n) is 2.98. The molecule has 1 aliphatic heterocycles. The van der Waals surface area contributed by atoms with Gasteiger partial charge in [-0.1, -0.05) is 6.07 Å². The van der Waals surface area contributed by atoms with Gasteiger partial charge in [0.2, 0.25) is 15.9 Å². The van der Waals surface area contributed by atoms with Crippen LogP contribution in [0.4, 0.5) is 5.69 Å². The monoisotopic (exact) mass is 491 g/mol. The maximum Gasteiger partial charge on any atom is 0.325 e. The molecule has 0 fully saturated rings. The number of rotatable bonds is 9. The Morgan fingerprint density at radius 1 is 1.03 bits per heavy atom. The number of benzene rings is 2. The van der Waals surface area contributed by atoms with Crippen LogP contribution in [0.3, 0.4) is 0 Å². The molecule has 0 saturated carbocycles. The van der Waals surface area contributed by atoms with Crippen LogP contribution < -0.4 is 24.8 Å². The number of hydrogen-bond donors (Lipinski definition) is 3. The molecule has 0 aliphatic carbocycles.